The molecule has 25 heavy (non-hydrogen) atoms. The van der Waals surface area contributed by atoms with Gasteiger partial charge in [0.05, 0.1) is 11.4 Å². The van der Waals surface area contributed by atoms with Gasteiger partial charge in [0, 0.05) is 23.9 Å². The predicted molar refractivity (Wildman–Crippen MR) is 93.2 cm³/mol. The van der Waals surface area contributed by atoms with Gasteiger partial charge in [-0.2, -0.15) is 4.31 Å². The fraction of sp³-hybridized carbons (Fsp3) is 0.333. The average molecular weight is 360 g/mol. The van der Waals surface area contributed by atoms with Gasteiger partial charge in [0.25, 0.3) is 0 Å². The summed E-state index contributed by atoms with van der Waals surface area (Å²) in [6.07, 6.45) is 0.362. The van der Waals surface area contributed by atoms with Crippen LogP contribution in [0.5, 0.6) is 5.88 Å². The summed E-state index contributed by atoms with van der Waals surface area (Å²) in [7, 11) is -3.65. The maximum absolute atomic E-state index is 12.8. The van der Waals surface area contributed by atoms with E-state index in [-0.39, 0.29) is 23.3 Å². The summed E-state index contributed by atoms with van der Waals surface area (Å²) < 4.78 is 32.8. The molecule has 0 amide bonds. The summed E-state index contributed by atoms with van der Waals surface area (Å²) in [5.74, 6) is 0.341. The van der Waals surface area contributed by atoms with Crippen molar-refractivity contribution >= 4 is 15.8 Å². The lowest BCUT2D eigenvalue weighted by molar-refractivity contribution is 0.101. The highest BCUT2D eigenvalue weighted by atomic mass is 32.2. The number of nitrogens with zero attached hydrogens (tertiary/aromatic N) is 2. The van der Waals surface area contributed by atoms with E-state index in [2.05, 4.69) is 4.98 Å². The lowest BCUT2D eigenvalue weighted by atomic mass is 10.2. The maximum atomic E-state index is 12.8. The normalized spacial score (nSPS) is 18.2. The Kier molecular flexibility index (Phi) is 4.87. The number of benzene rings is 1. The molecule has 1 aliphatic heterocycles. The molecule has 1 fully saturated rings. The molecule has 0 aliphatic carbocycles. The zero-order chi connectivity index (χ0) is 18.0. The second kappa shape index (κ2) is 6.93. The zero-order valence-electron chi connectivity index (χ0n) is 14.2. The fourth-order valence-corrected chi connectivity index (χ4v) is 4.32. The molecule has 132 valence electrons. The molecule has 0 bridgehead atoms. The first kappa shape index (κ1) is 17.6. The van der Waals surface area contributed by atoms with Gasteiger partial charge in [-0.25, -0.2) is 13.4 Å². The minimum absolute atomic E-state index is 0.134. The molecule has 0 spiro atoms. The van der Waals surface area contributed by atoms with Gasteiger partial charge in [-0.05, 0) is 38.5 Å². The molecule has 1 saturated heterocycles. The number of Topliss-reactive ketones (excluding diaryl/α,β-unsaturated/α-hetero) is 1. The Morgan fingerprint density at radius 1 is 1.24 bits per heavy atom. The molecule has 1 aliphatic rings. The van der Waals surface area contributed by atoms with Crippen LogP contribution >= 0.6 is 0 Å². The van der Waals surface area contributed by atoms with Gasteiger partial charge in [-0.1, -0.05) is 18.2 Å². The minimum atomic E-state index is -3.65. The Hall–Kier alpha value is -2.25. The van der Waals surface area contributed by atoms with E-state index in [1.54, 1.807) is 18.2 Å². The minimum Gasteiger partial charge on any atom is -0.473 e. The standard InChI is InChI=1S/C18H20N2O4S/c1-13-5-3-8-18(19-13)24-16-9-10-20(12-16)25(22,23)17-7-4-6-15(11-17)14(2)21/h3-8,11,16H,9-10,12H2,1-2H3. The van der Waals surface area contributed by atoms with E-state index in [4.69, 9.17) is 4.74 Å². The summed E-state index contributed by atoms with van der Waals surface area (Å²) in [4.78, 5) is 15.9. The lowest BCUT2D eigenvalue weighted by Gasteiger charge is -2.17. The van der Waals surface area contributed by atoms with Gasteiger partial charge in [0.2, 0.25) is 15.9 Å². The number of aromatic nitrogens is 1. The molecule has 0 saturated carbocycles. The molecular weight excluding hydrogens is 340 g/mol. The van der Waals surface area contributed by atoms with Crippen molar-refractivity contribution in [3.8, 4) is 5.88 Å². The number of rotatable bonds is 5. The van der Waals surface area contributed by atoms with Crippen molar-refractivity contribution in [2.75, 3.05) is 13.1 Å². The maximum Gasteiger partial charge on any atom is 0.243 e. The number of sulfonamides is 1. The molecular formula is C18H20N2O4S. The molecule has 1 aromatic carbocycles. The van der Waals surface area contributed by atoms with Gasteiger partial charge in [-0.3, -0.25) is 4.79 Å². The third-order valence-electron chi connectivity index (χ3n) is 4.14. The van der Waals surface area contributed by atoms with Crippen molar-refractivity contribution in [3.63, 3.8) is 0 Å². The van der Waals surface area contributed by atoms with Gasteiger partial charge >= 0.3 is 0 Å². The quantitative estimate of drug-likeness (QED) is 0.766. The number of ketones is 1. The smallest absolute Gasteiger partial charge is 0.243 e. The van der Waals surface area contributed by atoms with E-state index in [0.717, 1.165) is 5.69 Å². The van der Waals surface area contributed by atoms with Gasteiger partial charge < -0.3 is 4.74 Å². The van der Waals surface area contributed by atoms with Crippen molar-refractivity contribution in [1.82, 2.24) is 9.29 Å². The van der Waals surface area contributed by atoms with Crippen LogP contribution in [-0.2, 0) is 10.0 Å². The monoisotopic (exact) mass is 360 g/mol. The number of carbonyl (C=O) groups is 1. The summed E-state index contributed by atoms with van der Waals surface area (Å²) in [5, 5.41) is 0. The number of aryl methyl sites for hydroxylation is 1. The zero-order valence-corrected chi connectivity index (χ0v) is 15.0. The Bertz CT molecular complexity index is 895. The molecule has 3 rings (SSSR count). The number of ether oxygens (including phenoxy) is 1. The van der Waals surface area contributed by atoms with E-state index in [1.807, 2.05) is 19.1 Å². The Balaban J connectivity index is 1.74. The van der Waals surface area contributed by atoms with Crippen LogP contribution in [-0.4, -0.2) is 42.7 Å². The third-order valence-corrected chi connectivity index (χ3v) is 6.00. The molecule has 6 nitrogen and oxygen atoms in total. The second-order valence-corrected chi connectivity index (χ2v) is 8.03. The van der Waals surface area contributed by atoms with Crippen LogP contribution < -0.4 is 4.74 Å². The first-order valence-corrected chi connectivity index (χ1v) is 9.52. The number of hydrogen-bond donors (Lipinski definition) is 0. The number of carbonyl (C=O) groups excluding carboxylic acids is 1. The van der Waals surface area contributed by atoms with Crippen molar-refractivity contribution < 1.29 is 17.9 Å². The van der Waals surface area contributed by atoms with Crippen molar-refractivity contribution in [3.05, 3.63) is 53.7 Å². The molecule has 1 aromatic heterocycles. The summed E-state index contributed by atoms with van der Waals surface area (Å²) in [5.41, 5.74) is 1.23. The van der Waals surface area contributed by atoms with Crippen molar-refractivity contribution in [2.45, 2.75) is 31.3 Å². The first-order chi connectivity index (χ1) is 11.9. The lowest BCUT2D eigenvalue weighted by Crippen LogP contribution is -2.31. The van der Waals surface area contributed by atoms with E-state index in [0.29, 0.717) is 24.4 Å². The molecule has 0 N–H and O–H groups in total. The molecule has 2 heterocycles. The van der Waals surface area contributed by atoms with Crippen LogP contribution in [0.1, 0.15) is 29.4 Å². The van der Waals surface area contributed by atoms with E-state index < -0.39 is 10.0 Å². The van der Waals surface area contributed by atoms with Gasteiger partial charge in [-0.15, -0.1) is 0 Å². The van der Waals surface area contributed by atoms with Crippen molar-refractivity contribution in [2.24, 2.45) is 0 Å². The Labute approximate surface area is 147 Å². The van der Waals surface area contributed by atoms with Gasteiger partial charge in [0.1, 0.15) is 6.10 Å². The third kappa shape index (κ3) is 3.88. The fourth-order valence-electron chi connectivity index (χ4n) is 2.79. The van der Waals surface area contributed by atoms with Crippen LogP contribution in [0, 0.1) is 6.92 Å². The van der Waals surface area contributed by atoms with E-state index in [9.17, 15) is 13.2 Å². The number of pyridine rings is 1. The van der Waals surface area contributed by atoms with Crippen LogP contribution in [0.4, 0.5) is 0 Å². The van der Waals surface area contributed by atoms with Crippen molar-refractivity contribution in [1.29, 1.82) is 0 Å². The highest BCUT2D eigenvalue weighted by molar-refractivity contribution is 7.89. The second-order valence-electron chi connectivity index (χ2n) is 6.09. The summed E-state index contributed by atoms with van der Waals surface area (Å²) in [6, 6.07) is 11.6. The molecule has 1 unspecified atom stereocenters. The SMILES string of the molecule is CC(=O)c1cccc(S(=O)(=O)N2CCC(Oc3cccc(C)n3)C2)c1. The molecule has 7 heteroatoms. The van der Waals surface area contributed by atoms with Crippen LogP contribution in [0.3, 0.4) is 0 Å². The van der Waals surface area contributed by atoms with Crippen LogP contribution in [0.2, 0.25) is 0 Å². The average Bonchev–Trinajstić information content (AvgIpc) is 3.04. The van der Waals surface area contributed by atoms with Gasteiger partial charge in [0.15, 0.2) is 5.78 Å². The molecule has 1 atom stereocenters. The molecule has 0 radical (unpaired) electrons. The highest BCUT2D eigenvalue weighted by Gasteiger charge is 2.34. The molecule has 2 aromatic rings. The largest absolute Gasteiger partial charge is 0.473 e. The van der Waals surface area contributed by atoms with Crippen LogP contribution in [0.15, 0.2) is 47.4 Å². The summed E-state index contributed by atoms with van der Waals surface area (Å²) in [6.45, 7) is 3.94. The van der Waals surface area contributed by atoms with Crippen LogP contribution in [0.25, 0.3) is 0 Å². The van der Waals surface area contributed by atoms with E-state index in [1.165, 1.54) is 23.4 Å². The Morgan fingerprint density at radius 3 is 2.72 bits per heavy atom. The number of hydrogen-bond acceptors (Lipinski definition) is 5. The topological polar surface area (TPSA) is 76.6 Å². The Morgan fingerprint density at radius 2 is 2.00 bits per heavy atom. The van der Waals surface area contributed by atoms with E-state index >= 15 is 0 Å². The highest BCUT2D eigenvalue weighted by Crippen LogP contribution is 2.24. The summed E-state index contributed by atoms with van der Waals surface area (Å²) >= 11 is 0. The first-order valence-electron chi connectivity index (χ1n) is 8.08. The predicted octanol–water partition coefficient (Wildman–Crippen LogP) is 2.43.